The number of rotatable bonds is 5. The normalized spacial score (nSPS) is 15.0. The van der Waals surface area contributed by atoms with Crippen molar-refractivity contribution in [3.63, 3.8) is 0 Å². The van der Waals surface area contributed by atoms with Crippen LogP contribution in [0.2, 0.25) is 0 Å². The van der Waals surface area contributed by atoms with Crippen molar-refractivity contribution in [1.29, 1.82) is 0 Å². The maximum atomic E-state index is 12.7. The van der Waals surface area contributed by atoms with Crippen LogP contribution < -0.4 is 9.47 Å². The molecular weight excluding hydrogens is 356 g/mol. The van der Waals surface area contributed by atoms with Crippen molar-refractivity contribution in [1.82, 2.24) is 19.9 Å². The molecule has 0 unspecified atom stereocenters. The largest absolute Gasteiger partial charge is 0.493 e. The van der Waals surface area contributed by atoms with Gasteiger partial charge in [0.05, 0.1) is 20.6 Å². The van der Waals surface area contributed by atoms with Crippen molar-refractivity contribution in [3.05, 3.63) is 47.9 Å². The third kappa shape index (κ3) is 3.65. The molecule has 1 saturated heterocycles. The lowest BCUT2D eigenvalue weighted by atomic mass is 9.93. The molecule has 1 aromatic carbocycles. The van der Waals surface area contributed by atoms with Gasteiger partial charge in [-0.1, -0.05) is 6.07 Å². The van der Waals surface area contributed by atoms with E-state index in [1.54, 1.807) is 26.6 Å². The molecule has 0 aliphatic carbocycles. The second-order valence-electron chi connectivity index (χ2n) is 7.04. The van der Waals surface area contributed by atoms with E-state index in [4.69, 9.17) is 9.47 Å². The summed E-state index contributed by atoms with van der Waals surface area (Å²) in [5, 5.41) is 0. The van der Waals surface area contributed by atoms with Gasteiger partial charge in [0.2, 0.25) is 5.91 Å². The maximum Gasteiger partial charge on any atom is 0.226 e. The van der Waals surface area contributed by atoms with Gasteiger partial charge in [0.15, 0.2) is 17.1 Å². The van der Waals surface area contributed by atoms with Gasteiger partial charge in [0, 0.05) is 37.1 Å². The number of carbonyl (C=O) groups is 1. The maximum absolute atomic E-state index is 12.7. The number of amides is 1. The van der Waals surface area contributed by atoms with Crippen LogP contribution in [0, 0.1) is 0 Å². The number of H-pyrrole nitrogens is 1. The number of nitrogens with one attached hydrogen (secondary N) is 1. The van der Waals surface area contributed by atoms with Gasteiger partial charge >= 0.3 is 0 Å². The SMILES string of the molecule is COc1ccc(CC(=O)N2CCC(c3cc4nccnc4[nH]3)CC2)cc1OC. The van der Waals surface area contributed by atoms with Gasteiger partial charge in [0.1, 0.15) is 5.52 Å². The van der Waals surface area contributed by atoms with Crippen molar-refractivity contribution in [2.45, 2.75) is 25.2 Å². The van der Waals surface area contributed by atoms with E-state index in [1.807, 2.05) is 23.1 Å². The predicted molar refractivity (Wildman–Crippen MR) is 106 cm³/mol. The molecule has 28 heavy (non-hydrogen) atoms. The van der Waals surface area contributed by atoms with Crippen LogP contribution in [0.15, 0.2) is 36.7 Å². The molecule has 0 spiro atoms. The van der Waals surface area contributed by atoms with E-state index in [0.29, 0.717) is 23.8 Å². The summed E-state index contributed by atoms with van der Waals surface area (Å²) in [7, 11) is 3.20. The first kappa shape index (κ1) is 18.3. The third-order valence-electron chi connectivity index (χ3n) is 5.37. The van der Waals surface area contributed by atoms with Gasteiger partial charge in [-0.25, -0.2) is 4.98 Å². The molecule has 1 N–H and O–H groups in total. The number of piperidine rings is 1. The molecule has 4 rings (SSSR count). The first-order valence-corrected chi connectivity index (χ1v) is 9.46. The molecular formula is C21H24N4O3. The number of aromatic nitrogens is 3. The molecule has 1 amide bonds. The number of fused-ring (bicyclic) bond motifs is 1. The zero-order chi connectivity index (χ0) is 19.5. The van der Waals surface area contributed by atoms with E-state index in [1.165, 1.54) is 0 Å². The molecule has 0 bridgehead atoms. The minimum absolute atomic E-state index is 0.144. The van der Waals surface area contributed by atoms with E-state index in [0.717, 1.165) is 48.4 Å². The number of likely N-dealkylation sites (tertiary alicyclic amines) is 1. The molecule has 2 aromatic heterocycles. The summed E-state index contributed by atoms with van der Waals surface area (Å²) in [5.41, 5.74) is 3.81. The first-order chi connectivity index (χ1) is 13.7. The average Bonchev–Trinajstić information content (AvgIpc) is 3.18. The summed E-state index contributed by atoms with van der Waals surface area (Å²) >= 11 is 0. The summed E-state index contributed by atoms with van der Waals surface area (Å²) in [6.45, 7) is 1.51. The van der Waals surface area contributed by atoms with Crippen LogP contribution in [-0.2, 0) is 11.2 Å². The van der Waals surface area contributed by atoms with Crippen molar-refractivity contribution in [2.24, 2.45) is 0 Å². The number of aromatic amines is 1. The van der Waals surface area contributed by atoms with Crippen LogP contribution in [0.5, 0.6) is 11.5 Å². The van der Waals surface area contributed by atoms with E-state index in [-0.39, 0.29) is 5.91 Å². The van der Waals surface area contributed by atoms with Gasteiger partial charge in [-0.05, 0) is 36.6 Å². The highest BCUT2D eigenvalue weighted by Gasteiger charge is 2.25. The first-order valence-electron chi connectivity index (χ1n) is 9.46. The minimum Gasteiger partial charge on any atom is -0.493 e. The topological polar surface area (TPSA) is 80.3 Å². The minimum atomic E-state index is 0.144. The van der Waals surface area contributed by atoms with Gasteiger partial charge < -0.3 is 19.4 Å². The van der Waals surface area contributed by atoms with Crippen LogP contribution in [0.1, 0.15) is 30.0 Å². The standard InChI is InChI=1S/C21H24N4O3/c1-27-18-4-3-14(11-19(18)28-2)12-20(26)25-9-5-15(6-10-25)16-13-17-21(24-16)23-8-7-22-17/h3-4,7-8,11,13,15H,5-6,9-10,12H2,1-2H3,(H,23,24). The Labute approximate surface area is 163 Å². The van der Waals surface area contributed by atoms with Crippen molar-refractivity contribution in [3.8, 4) is 11.5 Å². The fraction of sp³-hybridized carbons (Fsp3) is 0.381. The zero-order valence-electron chi connectivity index (χ0n) is 16.1. The Balaban J connectivity index is 1.37. The Morgan fingerprint density at radius 1 is 1.11 bits per heavy atom. The lowest BCUT2D eigenvalue weighted by molar-refractivity contribution is -0.131. The molecule has 1 fully saturated rings. The van der Waals surface area contributed by atoms with Crippen LogP contribution in [0.25, 0.3) is 11.2 Å². The number of carbonyl (C=O) groups excluding carboxylic acids is 1. The number of nitrogens with zero attached hydrogens (tertiary/aromatic N) is 3. The van der Waals surface area contributed by atoms with Crippen LogP contribution >= 0.6 is 0 Å². The molecule has 7 heteroatoms. The Morgan fingerprint density at radius 3 is 2.57 bits per heavy atom. The highest BCUT2D eigenvalue weighted by molar-refractivity contribution is 5.79. The summed E-state index contributed by atoms with van der Waals surface area (Å²) in [5.74, 6) is 1.86. The van der Waals surface area contributed by atoms with Crippen LogP contribution in [0.4, 0.5) is 0 Å². The second-order valence-corrected chi connectivity index (χ2v) is 7.04. The molecule has 0 atom stereocenters. The van der Waals surface area contributed by atoms with Crippen LogP contribution in [-0.4, -0.2) is 53.1 Å². The Kier molecular flexibility index (Phi) is 5.14. The van der Waals surface area contributed by atoms with Gasteiger partial charge in [-0.15, -0.1) is 0 Å². The summed E-state index contributed by atoms with van der Waals surface area (Å²) in [6.07, 6.45) is 5.63. The number of methoxy groups -OCH3 is 2. The van der Waals surface area contributed by atoms with Crippen molar-refractivity contribution < 1.29 is 14.3 Å². The molecule has 1 aliphatic heterocycles. The lowest BCUT2D eigenvalue weighted by Crippen LogP contribution is -2.38. The number of benzene rings is 1. The fourth-order valence-electron chi connectivity index (χ4n) is 3.81. The van der Waals surface area contributed by atoms with E-state index >= 15 is 0 Å². The van der Waals surface area contributed by atoms with E-state index in [2.05, 4.69) is 21.0 Å². The van der Waals surface area contributed by atoms with Gasteiger partial charge in [-0.2, -0.15) is 0 Å². The molecule has 0 radical (unpaired) electrons. The van der Waals surface area contributed by atoms with E-state index in [9.17, 15) is 4.79 Å². The Morgan fingerprint density at radius 2 is 1.86 bits per heavy atom. The number of hydrogen-bond acceptors (Lipinski definition) is 5. The average molecular weight is 380 g/mol. The van der Waals surface area contributed by atoms with Crippen molar-refractivity contribution >= 4 is 17.1 Å². The zero-order valence-corrected chi connectivity index (χ0v) is 16.1. The monoisotopic (exact) mass is 380 g/mol. The summed E-state index contributed by atoms with van der Waals surface area (Å²) in [4.78, 5) is 26.7. The van der Waals surface area contributed by atoms with Gasteiger partial charge in [0.25, 0.3) is 0 Å². The molecule has 3 heterocycles. The number of ether oxygens (including phenoxy) is 2. The fourth-order valence-corrected chi connectivity index (χ4v) is 3.81. The quantitative estimate of drug-likeness (QED) is 0.736. The Hall–Kier alpha value is -3.09. The van der Waals surface area contributed by atoms with Gasteiger partial charge in [-0.3, -0.25) is 9.78 Å². The highest BCUT2D eigenvalue weighted by Crippen LogP contribution is 2.30. The molecule has 3 aromatic rings. The molecule has 1 aliphatic rings. The summed E-state index contributed by atoms with van der Waals surface area (Å²) in [6, 6.07) is 7.70. The lowest BCUT2D eigenvalue weighted by Gasteiger charge is -2.31. The third-order valence-corrected chi connectivity index (χ3v) is 5.37. The molecule has 146 valence electrons. The van der Waals surface area contributed by atoms with Crippen molar-refractivity contribution in [2.75, 3.05) is 27.3 Å². The van der Waals surface area contributed by atoms with E-state index < -0.39 is 0 Å². The predicted octanol–water partition coefficient (Wildman–Crippen LogP) is 2.92. The molecule has 0 saturated carbocycles. The second kappa shape index (κ2) is 7.88. The highest BCUT2D eigenvalue weighted by atomic mass is 16.5. The smallest absolute Gasteiger partial charge is 0.226 e. The Bertz CT molecular complexity index is 944. The summed E-state index contributed by atoms with van der Waals surface area (Å²) < 4.78 is 10.6. The van der Waals surface area contributed by atoms with Crippen LogP contribution in [0.3, 0.4) is 0 Å². The number of hydrogen-bond donors (Lipinski definition) is 1. The molecule has 7 nitrogen and oxygen atoms in total.